The van der Waals surface area contributed by atoms with Crippen molar-refractivity contribution in [2.75, 3.05) is 25.5 Å². The number of nitro benzene ring substituents is 1. The molecule has 110 valence electrons. The molecule has 0 bridgehead atoms. The quantitative estimate of drug-likeness (QED) is 0.342. The molecule has 0 amide bonds. The van der Waals surface area contributed by atoms with Gasteiger partial charge in [0.05, 0.1) is 4.92 Å². The van der Waals surface area contributed by atoms with Crippen molar-refractivity contribution in [3.63, 3.8) is 0 Å². The molecule has 0 atom stereocenters. The summed E-state index contributed by atoms with van der Waals surface area (Å²) in [4.78, 5) is 23.3. The van der Waals surface area contributed by atoms with Crippen LogP contribution in [0.5, 0.6) is 0 Å². The number of benzene rings is 1. The van der Waals surface area contributed by atoms with Crippen molar-refractivity contribution in [1.29, 1.82) is 0 Å². The zero-order valence-corrected chi connectivity index (χ0v) is 12.1. The van der Waals surface area contributed by atoms with Crippen LogP contribution in [0.3, 0.4) is 0 Å². The summed E-state index contributed by atoms with van der Waals surface area (Å²) in [6, 6.07) is 4.92. The van der Waals surface area contributed by atoms with Gasteiger partial charge in [0, 0.05) is 24.2 Å². The third-order valence-electron chi connectivity index (χ3n) is 3.24. The minimum absolute atomic E-state index is 0.0631. The van der Waals surface area contributed by atoms with Gasteiger partial charge in [0.25, 0.3) is 5.69 Å². The monoisotopic (exact) mass is 279 g/mol. The average Bonchev–Trinajstić information content (AvgIpc) is 2.42. The molecule has 1 N–H and O–H groups in total. The molecule has 0 aliphatic rings. The molecule has 0 spiro atoms. The molecule has 6 heteroatoms. The maximum atomic E-state index is 11.0. The lowest BCUT2D eigenvalue weighted by Gasteiger charge is -2.20. The zero-order valence-electron chi connectivity index (χ0n) is 12.1. The van der Waals surface area contributed by atoms with Gasteiger partial charge in [-0.15, -0.1) is 0 Å². The Morgan fingerprint density at radius 1 is 1.45 bits per heavy atom. The average molecular weight is 279 g/mol. The molecule has 0 heterocycles. The second kappa shape index (κ2) is 7.59. The summed E-state index contributed by atoms with van der Waals surface area (Å²) in [6.45, 7) is 5.82. The van der Waals surface area contributed by atoms with Crippen molar-refractivity contribution in [2.45, 2.75) is 26.3 Å². The predicted octanol–water partition coefficient (Wildman–Crippen LogP) is 2.55. The molecule has 0 unspecified atom stereocenters. The maximum absolute atomic E-state index is 11.0. The van der Waals surface area contributed by atoms with Gasteiger partial charge in [-0.3, -0.25) is 14.9 Å². The van der Waals surface area contributed by atoms with Crippen molar-refractivity contribution in [2.24, 2.45) is 0 Å². The number of hydrogen-bond acceptors (Lipinski definition) is 5. The first-order chi connectivity index (χ1) is 9.45. The van der Waals surface area contributed by atoms with Gasteiger partial charge in [0.2, 0.25) is 0 Å². The third-order valence-corrected chi connectivity index (χ3v) is 3.24. The van der Waals surface area contributed by atoms with Crippen molar-refractivity contribution in [3.8, 4) is 0 Å². The summed E-state index contributed by atoms with van der Waals surface area (Å²) in [5, 5.41) is 14.0. The first kappa shape index (κ1) is 16.1. The molecule has 0 aromatic heterocycles. The van der Waals surface area contributed by atoms with E-state index in [-0.39, 0.29) is 5.69 Å². The van der Waals surface area contributed by atoms with E-state index in [0.29, 0.717) is 30.1 Å². The topological polar surface area (TPSA) is 75.5 Å². The Morgan fingerprint density at radius 2 is 2.15 bits per heavy atom. The Hall–Kier alpha value is -1.95. The molecule has 0 radical (unpaired) electrons. The highest BCUT2D eigenvalue weighted by atomic mass is 16.6. The van der Waals surface area contributed by atoms with Gasteiger partial charge in [-0.1, -0.05) is 0 Å². The number of carbonyl (C=O) groups is 1. The Labute approximate surface area is 118 Å². The summed E-state index contributed by atoms with van der Waals surface area (Å²) in [6.07, 6.45) is 1.50. The van der Waals surface area contributed by atoms with Crippen molar-refractivity contribution in [1.82, 2.24) is 4.90 Å². The van der Waals surface area contributed by atoms with Crippen LogP contribution in [0.15, 0.2) is 18.2 Å². The van der Waals surface area contributed by atoms with Crippen LogP contribution in [-0.2, 0) is 0 Å². The Kier molecular flexibility index (Phi) is 6.11. The molecular weight excluding hydrogens is 258 g/mol. The predicted molar refractivity (Wildman–Crippen MR) is 79.4 cm³/mol. The summed E-state index contributed by atoms with van der Waals surface area (Å²) < 4.78 is 0. The lowest BCUT2D eigenvalue weighted by atomic mass is 10.2. The Balaban J connectivity index is 2.59. The van der Waals surface area contributed by atoms with Crippen LogP contribution in [0, 0.1) is 10.1 Å². The first-order valence-corrected chi connectivity index (χ1v) is 6.63. The van der Waals surface area contributed by atoms with Crippen molar-refractivity contribution >= 4 is 17.7 Å². The SMILES string of the molecule is CC(C)N(C)CCCNc1ccc(C=O)cc1[N+](=O)[O-]. The number of hydrogen-bond donors (Lipinski definition) is 1. The van der Waals surface area contributed by atoms with E-state index in [4.69, 9.17) is 0 Å². The highest BCUT2D eigenvalue weighted by Gasteiger charge is 2.14. The number of nitro groups is 1. The summed E-state index contributed by atoms with van der Waals surface area (Å²) >= 11 is 0. The number of anilines is 1. The van der Waals surface area contributed by atoms with Crippen LogP contribution in [0.4, 0.5) is 11.4 Å². The van der Waals surface area contributed by atoms with Gasteiger partial charge in [-0.2, -0.15) is 0 Å². The fourth-order valence-corrected chi connectivity index (χ4v) is 1.73. The molecule has 0 saturated carbocycles. The molecule has 0 saturated heterocycles. The van der Waals surface area contributed by atoms with E-state index in [1.54, 1.807) is 12.1 Å². The summed E-state index contributed by atoms with van der Waals surface area (Å²) in [5.41, 5.74) is 0.696. The molecule has 1 aromatic carbocycles. The second-order valence-corrected chi connectivity index (χ2v) is 5.01. The van der Waals surface area contributed by atoms with Gasteiger partial charge in [-0.05, 0) is 46.0 Å². The van der Waals surface area contributed by atoms with E-state index in [1.807, 2.05) is 7.05 Å². The Bertz CT molecular complexity index is 475. The fraction of sp³-hybridized carbons (Fsp3) is 0.500. The molecule has 20 heavy (non-hydrogen) atoms. The fourth-order valence-electron chi connectivity index (χ4n) is 1.73. The number of carbonyl (C=O) groups excluding carboxylic acids is 1. The maximum Gasteiger partial charge on any atom is 0.293 e. The normalized spacial score (nSPS) is 10.8. The summed E-state index contributed by atoms with van der Waals surface area (Å²) in [7, 11) is 2.05. The van der Waals surface area contributed by atoms with E-state index in [9.17, 15) is 14.9 Å². The Morgan fingerprint density at radius 3 is 2.70 bits per heavy atom. The third kappa shape index (κ3) is 4.62. The molecule has 6 nitrogen and oxygen atoms in total. The molecule has 0 fully saturated rings. The molecule has 0 aliphatic carbocycles. The van der Waals surface area contributed by atoms with Crippen LogP contribution in [-0.4, -0.2) is 42.3 Å². The van der Waals surface area contributed by atoms with Crippen LogP contribution in [0.1, 0.15) is 30.6 Å². The number of nitrogens with one attached hydrogen (secondary N) is 1. The van der Waals surface area contributed by atoms with E-state index in [2.05, 4.69) is 24.1 Å². The van der Waals surface area contributed by atoms with Gasteiger partial charge in [0.1, 0.15) is 12.0 Å². The van der Waals surface area contributed by atoms with Gasteiger partial charge in [0.15, 0.2) is 0 Å². The van der Waals surface area contributed by atoms with E-state index in [1.165, 1.54) is 6.07 Å². The van der Waals surface area contributed by atoms with Gasteiger partial charge >= 0.3 is 0 Å². The van der Waals surface area contributed by atoms with Crippen LogP contribution < -0.4 is 5.32 Å². The highest BCUT2D eigenvalue weighted by molar-refractivity contribution is 5.79. The standard InChI is InChI=1S/C14H21N3O3/c1-11(2)16(3)8-4-7-15-13-6-5-12(10-18)9-14(13)17(19)20/h5-6,9-11,15H,4,7-8H2,1-3H3. The lowest BCUT2D eigenvalue weighted by Crippen LogP contribution is -2.28. The van der Waals surface area contributed by atoms with Gasteiger partial charge in [-0.25, -0.2) is 0 Å². The van der Waals surface area contributed by atoms with Crippen molar-refractivity contribution in [3.05, 3.63) is 33.9 Å². The second-order valence-electron chi connectivity index (χ2n) is 5.01. The zero-order chi connectivity index (χ0) is 15.1. The summed E-state index contributed by atoms with van der Waals surface area (Å²) in [5.74, 6) is 0. The first-order valence-electron chi connectivity index (χ1n) is 6.63. The van der Waals surface area contributed by atoms with Crippen LogP contribution >= 0.6 is 0 Å². The highest BCUT2D eigenvalue weighted by Crippen LogP contribution is 2.24. The lowest BCUT2D eigenvalue weighted by molar-refractivity contribution is -0.384. The van der Waals surface area contributed by atoms with Crippen LogP contribution in [0.2, 0.25) is 0 Å². The molecule has 0 aliphatic heterocycles. The molecule has 1 rings (SSSR count). The van der Waals surface area contributed by atoms with E-state index < -0.39 is 4.92 Å². The number of aldehydes is 1. The minimum Gasteiger partial charge on any atom is -0.379 e. The molecule has 1 aromatic rings. The smallest absolute Gasteiger partial charge is 0.293 e. The molecular formula is C14H21N3O3. The van der Waals surface area contributed by atoms with Crippen LogP contribution in [0.25, 0.3) is 0 Å². The largest absolute Gasteiger partial charge is 0.379 e. The minimum atomic E-state index is -0.477. The number of rotatable bonds is 8. The van der Waals surface area contributed by atoms with Gasteiger partial charge < -0.3 is 10.2 Å². The van der Waals surface area contributed by atoms with E-state index in [0.717, 1.165) is 13.0 Å². The van der Waals surface area contributed by atoms with E-state index >= 15 is 0 Å². The van der Waals surface area contributed by atoms with Crippen molar-refractivity contribution < 1.29 is 9.72 Å². The number of nitrogens with zero attached hydrogens (tertiary/aromatic N) is 2.